The Morgan fingerprint density at radius 1 is 1.21 bits per heavy atom. The van der Waals surface area contributed by atoms with Crippen molar-refractivity contribution < 1.29 is 8.78 Å². The van der Waals surface area contributed by atoms with Crippen molar-refractivity contribution in [2.45, 2.75) is 33.2 Å². The molecule has 2 aromatic heterocycles. The maximum absolute atomic E-state index is 14.8. The number of halogens is 2. The van der Waals surface area contributed by atoms with Crippen LogP contribution in [0.3, 0.4) is 0 Å². The first kappa shape index (κ1) is 28.0. The molecule has 0 fully saturated rings. The van der Waals surface area contributed by atoms with Gasteiger partial charge >= 0.3 is 0 Å². The van der Waals surface area contributed by atoms with Crippen molar-refractivity contribution in [2.24, 2.45) is 12.0 Å². The Kier molecular flexibility index (Phi) is 8.45. The maximum atomic E-state index is 14.8. The van der Waals surface area contributed by atoms with Gasteiger partial charge < -0.3 is 9.88 Å². The fourth-order valence-electron chi connectivity index (χ4n) is 5.09. The molecule has 8 heteroatoms. The van der Waals surface area contributed by atoms with E-state index in [1.165, 1.54) is 16.8 Å². The summed E-state index contributed by atoms with van der Waals surface area (Å²) in [6.07, 6.45) is 9.02. The summed E-state index contributed by atoms with van der Waals surface area (Å²) in [5.74, 6) is 0.0588. The normalized spacial score (nSPS) is 15.5. The second-order valence-electron chi connectivity index (χ2n) is 9.80. The van der Waals surface area contributed by atoms with Crippen LogP contribution in [0.15, 0.2) is 65.0 Å². The van der Waals surface area contributed by atoms with E-state index in [0.717, 1.165) is 47.7 Å². The van der Waals surface area contributed by atoms with Gasteiger partial charge in [0.1, 0.15) is 11.6 Å². The molecule has 0 radical (unpaired) electrons. The lowest BCUT2D eigenvalue weighted by atomic mass is 9.93. The summed E-state index contributed by atoms with van der Waals surface area (Å²) in [6.45, 7) is 11.1. The third-order valence-corrected chi connectivity index (χ3v) is 7.39. The van der Waals surface area contributed by atoms with Gasteiger partial charge in [-0.05, 0) is 68.2 Å². The zero-order chi connectivity index (χ0) is 28.3. The highest BCUT2D eigenvalue weighted by Gasteiger charge is 2.23. The molecule has 1 N–H and O–H groups in total. The minimum Gasteiger partial charge on any atom is -0.386 e. The quantitative estimate of drug-likeness (QED) is 0.335. The Balaban J connectivity index is 1.47. The highest BCUT2D eigenvalue weighted by atomic mass is 19.1. The van der Waals surface area contributed by atoms with Crippen LogP contribution in [0.2, 0.25) is 0 Å². The number of nitrogens with zero attached hydrogens (tertiary/aromatic N) is 4. The molecule has 0 bridgehead atoms. The van der Waals surface area contributed by atoms with E-state index in [9.17, 15) is 13.6 Å². The fraction of sp³-hybridized carbons (Fsp3) is 0.290. The number of hydrogen-bond acceptors (Lipinski definition) is 4. The first-order valence-electron chi connectivity index (χ1n) is 13.0. The van der Waals surface area contributed by atoms with Crippen LogP contribution in [0.25, 0.3) is 17.3 Å². The number of hydrogen-bond donors (Lipinski definition) is 1. The van der Waals surface area contributed by atoms with Crippen LogP contribution >= 0.6 is 0 Å². The van der Waals surface area contributed by atoms with E-state index in [0.29, 0.717) is 11.3 Å². The maximum Gasteiger partial charge on any atom is 0.257 e. The molecule has 6 nitrogen and oxygen atoms in total. The smallest absolute Gasteiger partial charge is 0.257 e. The molecule has 0 aliphatic carbocycles. The van der Waals surface area contributed by atoms with E-state index < -0.39 is 5.82 Å². The molecule has 3 heterocycles. The SMILES string of the molecule is C=Cc1cc(C)c(C2=CCN(C(C)c3ccc(/N=C\C=C(/C)n4cc(F)c(NC)cc4=O)n3C)CC2)c(F)c1. The molecule has 0 saturated heterocycles. The Hall–Kier alpha value is -4.04. The molecule has 1 aliphatic heterocycles. The van der Waals surface area contributed by atoms with Crippen LogP contribution in [0, 0.1) is 18.6 Å². The molecule has 39 heavy (non-hydrogen) atoms. The van der Waals surface area contributed by atoms with Crippen LogP contribution in [0.5, 0.6) is 0 Å². The molecule has 204 valence electrons. The Bertz CT molecular complexity index is 1520. The Morgan fingerprint density at radius 3 is 2.62 bits per heavy atom. The topological polar surface area (TPSA) is 54.6 Å². The van der Waals surface area contributed by atoms with Gasteiger partial charge in [0.05, 0.1) is 11.9 Å². The third-order valence-electron chi connectivity index (χ3n) is 7.39. The van der Waals surface area contributed by atoms with Gasteiger partial charge in [-0.2, -0.15) is 0 Å². The van der Waals surface area contributed by atoms with E-state index in [-0.39, 0.29) is 23.1 Å². The number of aryl methyl sites for hydroxylation is 1. The van der Waals surface area contributed by atoms with Crippen molar-refractivity contribution in [1.82, 2.24) is 14.0 Å². The van der Waals surface area contributed by atoms with Crippen LogP contribution in [0.4, 0.5) is 20.3 Å². The van der Waals surface area contributed by atoms with Crippen molar-refractivity contribution in [3.05, 3.63) is 99.6 Å². The van der Waals surface area contributed by atoms with Crippen LogP contribution in [-0.2, 0) is 7.05 Å². The zero-order valence-corrected chi connectivity index (χ0v) is 23.1. The summed E-state index contributed by atoms with van der Waals surface area (Å²) >= 11 is 0. The molecule has 1 unspecified atom stereocenters. The number of allylic oxidation sites excluding steroid dienone is 2. The van der Waals surface area contributed by atoms with Crippen molar-refractivity contribution in [3.8, 4) is 0 Å². The lowest BCUT2D eigenvalue weighted by Gasteiger charge is -2.32. The number of nitrogens with one attached hydrogen (secondary N) is 1. The number of anilines is 1. The molecule has 1 atom stereocenters. The summed E-state index contributed by atoms with van der Waals surface area (Å²) < 4.78 is 32.2. The first-order chi connectivity index (χ1) is 18.6. The van der Waals surface area contributed by atoms with E-state index >= 15 is 0 Å². The molecular formula is C31H35F2N5O. The van der Waals surface area contributed by atoms with E-state index in [4.69, 9.17) is 0 Å². The molecule has 1 aliphatic rings. The minimum atomic E-state index is -0.506. The van der Waals surface area contributed by atoms with Crippen LogP contribution in [0.1, 0.15) is 48.7 Å². The van der Waals surface area contributed by atoms with Gasteiger partial charge in [0, 0.05) is 62.5 Å². The third kappa shape index (κ3) is 5.86. The van der Waals surface area contributed by atoms with Gasteiger partial charge in [0.25, 0.3) is 5.56 Å². The number of rotatable bonds is 8. The number of aromatic nitrogens is 2. The highest BCUT2D eigenvalue weighted by Crippen LogP contribution is 2.33. The van der Waals surface area contributed by atoms with Gasteiger partial charge in [-0.25, -0.2) is 13.8 Å². The molecule has 0 saturated carbocycles. The second-order valence-corrected chi connectivity index (χ2v) is 9.80. The summed E-state index contributed by atoms with van der Waals surface area (Å²) in [5.41, 5.74) is 4.96. The van der Waals surface area contributed by atoms with Gasteiger partial charge in [-0.3, -0.25) is 14.3 Å². The second kappa shape index (κ2) is 11.8. The average molecular weight is 532 g/mol. The Morgan fingerprint density at radius 2 is 1.97 bits per heavy atom. The molecule has 3 aromatic rings. The van der Waals surface area contributed by atoms with Crippen molar-refractivity contribution in [1.29, 1.82) is 0 Å². The van der Waals surface area contributed by atoms with Gasteiger partial charge in [-0.15, -0.1) is 0 Å². The van der Waals surface area contributed by atoms with Gasteiger partial charge in [0.15, 0.2) is 5.82 Å². The molecule has 4 rings (SSSR count). The lowest BCUT2D eigenvalue weighted by molar-refractivity contribution is 0.226. The number of benzene rings is 1. The standard InChI is InChI=1S/C31H35F2N5O/c1-7-23-16-20(2)31(25(32)17-23)24-11-14-37(15-12-24)22(4)28-8-9-29(36(28)6)35-13-10-21(3)38-19-26(33)27(34-5)18-30(38)39/h7-11,13,16-19,22,34H,1,12,14-15H2,2-6H3/b21-10+,35-13-. The van der Waals surface area contributed by atoms with Crippen molar-refractivity contribution in [3.63, 3.8) is 0 Å². The predicted octanol–water partition coefficient (Wildman–Crippen LogP) is 6.57. The molecule has 0 spiro atoms. The van der Waals surface area contributed by atoms with Gasteiger partial charge in [-0.1, -0.05) is 24.8 Å². The largest absolute Gasteiger partial charge is 0.386 e. The van der Waals surface area contributed by atoms with E-state index in [1.54, 1.807) is 38.4 Å². The predicted molar refractivity (Wildman–Crippen MR) is 158 cm³/mol. The van der Waals surface area contributed by atoms with E-state index in [2.05, 4.69) is 40.9 Å². The summed E-state index contributed by atoms with van der Waals surface area (Å²) in [6, 6.07) is 8.88. The molecule has 0 amide bonds. The number of pyridine rings is 1. The minimum absolute atomic E-state index is 0.135. The van der Waals surface area contributed by atoms with Crippen molar-refractivity contribution in [2.75, 3.05) is 25.5 Å². The zero-order valence-electron chi connectivity index (χ0n) is 23.1. The van der Waals surface area contributed by atoms with Crippen LogP contribution < -0.4 is 10.9 Å². The first-order valence-corrected chi connectivity index (χ1v) is 13.0. The number of aliphatic imine (C=N–C) groups is 1. The van der Waals surface area contributed by atoms with Crippen molar-refractivity contribution >= 4 is 35.1 Å². The summed E-state index contributed by atoms with van der Waals surface area (Å²) in [7, 11) is 3.54. The highest BCUT2D eigenvalue weighted by molar-refractivity contribution is 5.80. The van der Waals surface area contributed by atoms with E-state index in [1.807, 2.05) is 30.7 Å². The van der Waals surface area contributed by atoms with Gasteiger partial charge in [0.2, 0.25) is 0 Å². The molecular weight excluding hydrogens is 496 g/mol. The summed E-state index contributed by atoms with van der Waals surface area (Å²) in [4.78, 5) is 19.2. The molecule has 1 aromatic carbocycles. The average Bonchev–Trinajstić information content (AvgIpc) is 3.28. The monoisotopic (exact) mass is 531 g/mol. The lowest BCUT2D eigenvalue weighted by Crippen LogP contribution is -2.32. The van der Waals surface area contributed by atoms with Crippen LogP contribution in [-0.4, -0.2) is 40.4 Å². The fourth-order valence-corrected chi connectivity index (χ4v) is 5.09. The summed E-state index contributed by atoms with van der Waals surface area (Å²) in [5, 5.41) is 2.66. The Labute approximate surface area is 228 Å².